The lowest BCUT2D eigenvalue weighted by molar-refractivity contribution is 0.210. The van der Waals surface area contributed by atoms with Gasteiger partial charge in [0.15, 0.2) is 0 Å². The van der Waals surface area contributed by atoms with Gasteiger partial charge in [-0.1, -0.05) is 45.4 Å². The van der Waals surface area contributed by atoms with Crippen molar-refractivity contribution < 1.29 is 4.39 Å². The van der Waals surface area contributed by atoms with Gasteiger partial charge in [-0.2, -0.15) is 0 Å². The van der Waals surface area contributed by atoms with E-state index < -0.39 is 5.54 Å². The molecule has 2 rings (SSSR count). The molecule has 1 aliphatic carbocycles. The molecule has 2 atom stereocenters. The van der Waals surface area contributed by atoms with Crippen LogP contribution in [0.4, 0.5) is 4.39 Å². The largest absolute Gasteiger partial charge is 0.321 e. The summed E-state index contributed by atoms with van der Waals surface area (Å²) in [5.74, 6) is 0.531. The summed E-state index contributed by atoms with van der Waals surface area (Å²) >= 11 is 0. The van der Waals surface area contributed by atoms with E-state index in [1.54, 1.807) is 6.07 Å². The molecule has 2 unspecified atom stereocenters. The van der Waals surface area contributed by atoms with Crippen molar-refractivity contribution in [3.8, 4) is 0 Å². The fraction of sp³-hybridized carbons (Fsp3) is 0.647. The number of hydrogen-bond donors (Lipinski definition) is 1. The van der Waals surface area contributed by atoms with E-state index in [1.807, 2.05) is 12.1 Å². The topological polar surface area (TPSA) is 26.0 Å². The van der Waals surface area contributed by atoms with Crippen molar-refractivity contribution in [3.05, 3.63) is 35.6 Å². The van der Waals surface area contributed by atoms with Gasteiger partial charge in [0.2, 0.25) is 0 Å². The van der Waals surface area contributed by atoms with Crippen molar-refractivity contribution in [2.75, 3.05) is 0 Å². The van der Waals surface area contributed by atoms with Gasteiger partial charge in [-0.15, -0.1) is 0 Å². The molecule has 0 aromatic heterocycles. The number of benzene rings is 1. The minimum Gasteiger partial charge on any atom is -0.321 e. The second kappa shape index (κ2) is 5.24. The lowest BCUT2D eigenvalue weighted by atomic mass is 9.75. The first kappa shape index (κ1) is 14.5. The van der Waals surface area contributed by atoms with Crippen LogP contribution in [0.2, 0.25) is 0 Å². The molecule has 0 heterocycles. The van der Waals surface area contributed by atoms with E-state index >= 15 is 0 Å². The van der Waals surface area contributed by atoms with Gasteiger partial charge in [0.1, 0.15) is 5.82 Å². The molecular weight excluding hydrogens is 237 g/mol. The van der Waals surface area contributed by atoms with Gasteiger partial charge in [0, 0.05) is 11.1 Å². The van der Waals surface area contributed by atoms with Crippen LogP contribution in [0, 0.1) is 17.2 Å². The summed E-state index contributed by atoms with van der Waals surface area (Å²) in [6.07, 6.45) is 5.16. The Kier molecular flexibility index (Phi) is 4.00. The maximum Gasteiger partial charge on any atom is 0.128 e. The van der Waals surface area contributed by atoms with Gasteiger partial charge >= 0.3 is 0 Å². The van der Waals surface area contributed by atoms with Crippen molar-refractivity contribution in [1.29, 1.82) is 0 Å². The first-order chi connectivity index (χ1) is 8.83. The molecule has 0 radical (unpaired) electrons. The van der Waals surface area contributed by atoms with Crippen molar-refractivity contribution >= 4 is 0 Å². The average molecular weight is 263 g/mol. The Hall–Kier alpha value is -0.890. The summed E-state index contributed by atoms with van der Waals surface area (Å²) in [6, 6.07) is 7.00. The lowest BCUT2D eigenvalue weighted by Crippen LogP contribution is -2.37. The second-order valence-corrected chi connectivity index (χ2v) is 7.13. The Morgan fingerprint density at radius 1 is 1.16 bits per heavy atom. The Morgan fingerprint density at radius 3 is 2.47 bits per heavy atom. The van der Waals surface area contributed by atoms with Crippen LogP contribution >= 0.6 is 0 Å². The molecule has 0 aliphatic heterocycles. The van der Waals surface area contributed by atoms with Crippen LogP contribution in [0.5, 0.6) is 0 Å². The standard InChI is InChI=1S/C17H26FN/c1-16(2,3)13-7-6-11-17(19,12-10-13)14-8-4-5-9-15(14)18/h4-5,8-9,13H,6-7,10-12,19H2,1-3H3. The minimum atomic E-state index is -0.481. The zero-order valence-corrected chi connectivity index (χ0v) is 12.4. The van der Waals surface area contributed by atoms with Crippen LogP contribution in [0.3, 0.4) is 0 Å². The van der Waals surface area contributed by atoms with Crippen molar-refractivity contribution in [2.24, 2.45) is 17.1 Å². The molecule has 0 spiro atoms. The Morgan fingerprint density at radius 2 is 1.84 bits per heavy atom. The molecule has 1 aromatic carbocycles. The van der Waals surface area contributed by atoms with E-state index in [4.69, 9.17) is 5.73 Å². The van der Waals surface area contributed by atoms with Gasteiger partial charge in [0.05, 0.1) is 0 Å². The summed E-state index contributed by atoms with van der Waals surface area (Å²) in [5.41, 5.74) is 7.08. The molecular formula is C17H26FN. The SMILES string of the molecule is CC(C)(C)C1CCCC(N)(c2ccccc2F)CC1. The van der Waals surface area contributed by atoms with E-state index in [9.17, 15) is 4.39 Å². The van der Waals surface area contributed by atoms with Crippen molar-refractivity contribution in [1.82, 2.24) is 0 Å². The molecule has 1 nitrogen and oxygen atoms in total. The summed E-state index contributed by atoms with van der Waals surface area (Å²) in [4.78, 5) is 0. The van der Waals surface area contributed by atoms with Crippen LogP contribution in [0.15, 0.2) is 24.3 Å². The van der Waals surface area contributed by atoms with Gasteiger partial charge in [-0.05, 0) is 43.1 Å². The molecule has 2 heteroatoms. The van der Waals surface area contributed by atoms with Gasteiger partial charge in [0.25, 0.3) is 0 Å². The van der Waals surface area contributed by atoms with Crippen molar-refractivity contribution in [3.63, 3.8) is 0 Å². The highest BCUT2D eigenvalue weighted by atomic mass is 19.1. The highest BCUT2D eigenvalue weighted by Gasteiger charge is 2.35. The van der Waals surface area contributed by atoms with Crippen LogP contribution in [0.25, 0.3) is 0 Å². The van der Waals surface area contributed by atoms with Gasteiger partial charge < -0.3 is 5.73 Å². The van der Waals surface area contributed by atoms with Crippen LogP contribution in [-0.4, -0.2) is 0 Å². The van der Waals surface area contributed by atoms with Gasteiger partial charge in [-0.25, -0.2) is 4.39 Å². The normalized spacial score (nSPS) is 29.0. The van der Waals surface area contributed by atoms with E-state index in [-0.39, 0.29) is 5.82 Å². The van der Waals surface area contributed by atoms with Crippen LogP contribution in [-0.2, 0) is 5.54 Å². The quantitative estimate of drug-likeness (QED) is 0.736. The Bertz CT molecular complexity index is 435. The summed E-state index contributed by atoms with van der Waals surface area (Å²) in [6.45, 7) is 6.89. The molecule has 0 saturated heterocycles. The predicted molar refractivity (Wildman–Crippen MR) is 78.3 cm³/mol. The minimum absolute atomic E-state index is 0.154. The molecule has 106 valence electrons. The summed E-state index contributed by atoms with van der Waals surface area (Å²) < 4.78 is 14.0. The van der Waals surface area contributed by atoms with Crippen LogP contribution in [0.1, 0.15) is 58.4 Å². The van der Waals surface area contributed by atoms with E-state index in [1.165, 1.54) is 12.5 Å². The first-order valence-electron chi connectivity index (χ1n) is 7.37. The van der Waals surface area contributed by atoms with E-state index in [2.05, 4.69) is 20.8 Å². The predicted octanol–water partition coefficient (Wildman–Crippen LogP) is 4.61. The van der Waals surface area contributed by atoms with Crippen LogP contribution < -0.4 is 5.73 Å². The Labute approximate surface area is 116 Å². The number of rotatable bonds is 1. The molecule has 1 aliphatic rings. The monoisotopic (exact) mass is 263 g/mol. The maximum absolute atomic E-state index is 14.0. The van der Waals surface area contributed by atoms with Crippen molar-refractivity contribution in [2.45, 2.75) is 58.4 Å². The smallest absolute Gasteiger partial charge is 0.128 e. The molecule has 1 fully saturated rings. The third-order valence-electron chi connectivity index (χ3n) is 4.75. The average Bonchev–Trinajstić information content (AvgIpc) is 2.52. The second-order valence-electron chi connectivity index (χ2n) is 7.13. The Balaban J connectivity index is 2.20. The summed E-state index contributed by atoms with van der Waals surface area (Å²) in [5, 5.41) is 0. The van der Waals surface area contributed by atoms with E-state index in [0.717, 1.165) is 25.7 Å². The first-order valence-corrected chi connectivity index (χ1v) is 7.37. The molecule has 19 heavy (non-hydrogen) atoms. The highest BCUT2D eigenvalue weighted by Crippen LogP contribution is 2.42. The fourth-order valence-electron chi connectivity index (χ4n) is 3.37. The van der Waals surface area contributed by atoms with Gasteiger partial charge in [-0.3, -0.25) is 0 Å². The highest BCUT2D eigenvalue weighted by molar-refractivity contribution is 5.26. The third kappa shape index (κ3) is 3.17. The molecule has 1 saturated carbocycles. The summed E-state index contributed by atoms with van der Waals surface area (Å²) in [7, 11) is 0. The molecule has 2 N–H and O–H groups in total. The molecule has 0 bridgehead atoms. The third-order valence-corrected chi connectivity index (χ3v) is 4.75. The molecule has 0 amide bonds. The molecule has 1 aromatic rings. The number of hydrogen-bond acceptors (Lipinski definition) is 1. The fourth-order valence-corrected chi connectivity index (χ4v) is 3.37. The zero-order valence-electron chi connectivity index (χ0n) is 12.4. The zero-order chi connectivity index (χ0) is 14.1. The number of nitrogens with two attached hydrogens (primary N) is 1. The van der Waals surface area contributed by atoms with E-state index in [0.29, 0.717) is 16.9 Å². The maximum atomic E-state index is 14.0. The number of halogens is 1. The lowest BCUT2D eigenvalue weighted by Gasteiger charge is -2.32.